The average molecular weight is 224 g/mol. The molecular formula is C10H12N2O4. The number of carbonyl (C=O) groups is 2. The highest BCUT2D eigenvalue weighted by atomic mass is 16.5. The molecule has 0 amide bonds. The van der Waals surface area contributed by atoms with Gasteiger partial charge >= 0.3 is 11.9 Å². The minimum absolute atomic E-state index is 0.0773. The van der Waals surface area contributed by atoms with Crippen molar-refractivity contribution in [3.05, 3.63) is 0 Å². The highest BCUT2D eigenvalue weighted by Gasteiger charge is 2.62. The molecule has 6 nitrogen and oxygen atoms in total. The molecule has 6 heteroatoms. The van der Waals surface area contributed by atoms with Crippen LogP contribution >= 0.6 is 0 Å². The standard InChI is InChI=1S/C10H12N2O4/c1-10-4-5(10)6(8(13)15-2)11-12-7(10)9(14)16-3/h5H,4H2,1-3H3/t5-,10-/m0/s1. The van der Waals surface area contributed by atoms with Crippen molar-refractivity contribution in [3.8, 4) is 0 Å². The summed E-state index contributed by atoms with van der Waals surface area (Å²) in [6, 6.07) is 0. The normalized spacial score (nSPS) is 30.8. The van der Waals surface area contributed by atoms with E-state index in [-0.39, 0.29) is 17.3 Å². The van der Waals surface area contributed by atoms with Gasteiger partial charge in [0.2, 0.25) is 0 Å². The van der Waals surface area contributed by atoms with Crippen LogP contribution in [0.15, 0.2) is 10.2 Å². The minimum Gasteiger partial charge on any atom is -0.464 e. The highest BCUT2D eigenvalue weighted by Crippen LogP contribution is 2.56. The van der Waals surface area contributed by atoms with Gasteiger partial charge in [-0.05, 0) is 6.42 Å². The number of hydrogen-bond donors (Lipinski definition) is 0. The fourth-order valence-electron chi connectivity index (χ4n) is 1.97. The van der Waals surface area contributed by atoms with Crippen LogP contribution in [0, 0.1) is 11.3 Å². The molecule has 0 spiro atoms. The second-order valence-corrected chi connectivity index (χ2v) is 4.09. The second kappa shape index (κ2) is 3.40. The number of ether oxygens (including phenoxy) is 2. The van der Waals surface area contributed by atoms with Gasteiger partial charge in [-0.25, -0.2) is 9.59 Å². The molecule has 1 aliphatic carbocycles. The molecule has 86 valence electrons. The summed E-state index contributed by atoms with van der Waals surface area (Å²) in [5.74, 6) is -1.05. The number of rotatable bonds is 2. The Morgan fingerprint density at radius 2 is 1.88 bits per heavy atom. The Hall–Kier alpha value is -1.72. The van der Waals surface area contributed by atoms with E-state index < -0.39 is 17.4 Å². The largest absolute Gasteiger partial charge is 0.464 e. The first-order chi connectivity index (χ1) is 7.54. The molecule has 1 heterocycles. The molecule has 16 heavy (non-hydrogen) atoms. The van der Waals surface area contributed by atoms with Crippen LogP contribution < -0.4 is 0 Å². The lowest BCUT2D eigenvalue weighted by molar-refractivity contribution is -0.134. The van der Waals surface area contributed by atoms with Crippen LogP contribution in [-0.4, -0.2) is 37.6 Å². The highest BCUT2D eigenvalue weighted by molar-refractivity contribution is 6.45. The van der Waals surface area contributed by atoms with Gasteiger partial charge in [0, 0.05) is 11.3 Å². The third kappa shape index (κ3) is 1.33. The SMILES string of the molecule is COC(=O)C1=NN=C(C(=O)OC)[C@@]2(C)C[C@@H]12. The van der Waals surface area contributed by atoms with Crippen LogP contribution in [0.25, 0.3) is 0 Å². The molecule has 1 saturated carbocycles. The van der Waals surface area contributed by atoms with Gasteiger partial charge in [-0.2, -0.15) is 0 Å². The molecule has 0 N–H and O–H groups in total. The summed E-state index contributed by atoms with van der Waals surface area (Å²) in [5, 5.41) is 7.52. The van der Waals surface area contributed by atoms with Crippen molar-refractivity contribution in [1.82, 2.24) is 0 Å². The second-order valence-electron chi connectivity index (χ2n) is 4.09. The lowest BCUT2D eigenvalue weighted by Gasteiger charge is -2.15. The van der Waals surface area contributed by atoms with Gasteiger partial charge in [0.05, 0.1) is 14.2 Å². The van der Waals surface area contributed by atoms with Crippen molar-refractivity contribution in [2.75, 3.05) is 14.2 Å². The molecule has 0 aromatic rings. The molecule has 0 bridgehead atoms. The Bertz CT molecular complexity index is 427. The minimum atomic E-state index is -0.488. The van der Waals surface area contributed by atoms with Crippen molar-refractivity contribution >= 4 is 23.4 Å². The van der Waals surface area contributed by atoms with Gasteiger partial charge in [0.1, 0.15) is 0 Å². The van der Waals surface area contributed by atoms with Crippen LogP contribution in [0.5, 0.6) is 0 Å². The molecule has 0 aromatic carbocycles. The van der Waals surface area contributed by atoms with E-state index in [1.54, 1.807) is 0 Å². The molecule has 1 fully saturated rings. The number of methoxy groups -OCH3 is 2. The zero-order chi connectivity index (χ0) is 11.9. The summed E-state index contributed by atoms with van der Waals surface area (Å²) in [4.78, 5) is 22.8. The molecular weight excluding hydrogens is 212 g/mol. The Morgan fingerprint density at radius 1 is 1.25 bits per heavy atom. The first-order valence-electron chi connectivity index (χ1n) is 4.87. The lowest BCUT2D eigenvalue weighted by atomic mass is 9.96. The first-order valence-corrected chi connectivity index (χ1v) is 4.87. The number of esters is 2. The van der Waals surface area contributed by atoms with Crippen LogP contribution in [0.4, 0.5) is 0 Å². The van der Waals surface area contributed by atoms with Gasteiger partial charge in [0.25, 0.3) is 0 Å². The fourth-order valence-corrected chi connectivity index (χ4v) is 1.97. The van der Waals surface area contributed by atoms with Crippen molar-refractivity contribution in [2.45, 2.75) is 13.3 Å². The predicted molar refractivity (Wildman–Crippen MR) is 55.1 cm³/mol. The fraction of sp³-hybridized carbons (Fsp3) is 0.600. The summed E-state index contributed by atoms with van der Waals surface area (Å²) < 4.78 is 9.22. The number of fused-ring (bicyclic) bond motifs is 1. The smallest absolute Gasteiger partial charge is 0.354 e. The van der Waals surface area contributed by atoms with Crippen LogP contribution in [0.2, 0.25) is 0 Å². The molecule has 0 aromatic heterocycles. The topological polar surface area (TPSA) is 77.3 Å². The van der Waals surface area contributed by atoms with Crippen molar-refractivity contribution in [3.63, 3.8) is 0 Å². The maximum Gasteiger partial charge on any atom is 0.354 e. The third-order valence-electron chi connectivity index (χ3n) is 3.14. The van der Waals surface area contributed by atoms with Gasteiger partial charge in [0.15, 0.2) is 11.4 Å². The Labute approximate surface area is 92.3 Å². The summed E-state index contributed by atoms with van der Waals surface area (Å²) in [6.07, 6.45) is 0.675. The van der Waals surface area contributed by atoms with E-state index >= 15 is 0 Å². The average Bonchev–Trinajstić information content (AvgIpc) is 2.98. The lowest BCUT2D eigenvalue weighted by Crippen LogP contribution is -2.32. The summed E-state index contributed by atoms with van der Waals surface area (Å²) >= 11 is 0. The van der Waals surface area contributed by atoms with Gasteiger partial charge in [-0.1, -0.05) is 6.92 Å². The van der Waals surface area contributed by atoms with Gasteiger partial charge in [-0.3, -0.25) is 0 Å². The van der Waals surface area contributed by atoms with Crippen LogP contribution in [0.1, 0.15) is 13.3 Å². The zero-order valence-electron chi connectivity index (χ0n) is 9.31. The van der Waals surface area contributed by atoms with E-state index in [9.17, 15) is 9.59 Å². The van der Waals surface area contributed by atoms with E-state index in [1.807, 2.05) is 6.92 Å². The van der Waals surface area contributed by atoms with Crippen LogP contribution in [0.3, 0.4) is 0 Å². The molecule has 0 saturated heterocycles. The Balaban J connectivity index is 2.32. The third-order valence-corrected chi connectivity index (χ3v) is 3.14. The van der Waals surface area contributed by atoms with E-state index in [4.69, 9.17) is 0 Å². The van der Waals surface area contributed by atoms with Crippen molar-refractivity contribution in [1.29, 1.82) is 0 Å². The Morgan fingerprint density at radius 3 is 2.44 bits per heavy atom. The molecule has 1 aliphatic heterocycles. The monoisotopic (exact) mass is 224 g/mol. The number of nitrogens with zero attached hydrogens (tertiary/aromatic N) is 2. The zero-order valence-corrected chi connectivity index (χ0v) is 9.31. The predicted octanol–water partition coefficient (Wildman–Crippen LogP) is 0.169. The molecule has 2 atom stereocenters. The number of carbonyl (C=O) groups excluding carboxylic acids is 2. The summed E-state index contributed by atoms with van der Waals surface area (Å²) in [5.41, 5.74) is 0.156. The quantitative estimate of drug-likeness (QED) is 0.626. The van der Waals surface area contributed by atoms with Crippen molar-refractivity contribution < 1.29 is 19.1 Å². The Kier molecular flexibility index (Phi) is 2.29. The summed E-state index contributed by atoms with van der Waals surface area (Å²) in [7, 11) is 2.59. The van der Waals surface area contributed by atoms with Gasteiger partial charge < -0.3 is 9.47 Å². The van der Waals surface area contributed by atoms with E-state index in [1.165, 1.54) is 14.2 Å². The van der Waals surface area contributed by atoms with Gasteiger partial charge in [-0.15, -0.1) is 10.2 Å². The molecule has 2 rings (SSSR count). The van der Waals surface area contributed by atoms with E-state index in [0.29, 0.717) is 6.42 Å². The van der Waals surface area contributed by atoms with E-state index in [2.05, 4.69) is 19.7 Å². The molecule has 0 unspecified atom stereocenters. The maximum atomic E-state index is 11.4. The molecule has 2 aliphatic rings. The van der Waals surface area contributed by atoms with Crippen LogP contribution in [-0.2, 0) is 19.1 Å². The van der Waals surface area contributed by atoms with E-state index in [0.717, 1.165) is 0 Å². The first kappa shape index (κ1) is 10.8. The van der Waals surface area contributed by atoms with Crippen molar-refractivity contribution in [2.24, 2.45) is 21.5 Å². The number of hydrogen-bond acceptors (Lipinski definition) is 6. The summed E-state index contributed by atoms with van der Waals surface area (Å²) in [6.45, 7) is 1.87. The molecule has 0 radical (unpaired) electrons. The maximum absolute atomic E-state index is 11.4.